The van der Waals surface area contributed by atoms with Gasteiger partial charge in [0.15, 0.2) is 12.4 Å². The Labute approximate surface area is 138 Å². The standard InChI is InChI=1S/C15H15ClN4O3/c1-18(2)12-5-7-19(8-6-12)10-15(21)17-13-9-11(16)3-4-14(13)20(22)23/h3-9H,10H2,1-2H3/p+1. The summed E-state index contributed by atoms with van der Waals surface area (Å²) in [5, 5.41) is 13.8. The third-order valence-corrected chi connectivity index (χ3v) is 3.38. The van der Waals surface area contributed by atoms with Crippen LogP contribution in [0.15, 0.2) is 42.7 Å². The molecule has 0 unspecified atom stereocenters. The lowest BCUT2D eigenvalue weighted by Gasteiger charge is -2.10. The van der Waals surface area contributed by atoms with Gasteiger partial charge in [-0.3, -0.25) is 14.9 Å². The van der Waals surface area contributed by atoms with Gasteiger partial charge in [-0.1, -0.05) is 11.6 Å². The smallest absolute Gasteiger partial charge is 0.292 e. The summed E-state index contributed by atoms with van der Waals surface area (Å²) in [6.45, 7) is 0.0391. The lowest BCUT2D eigenvalue weighted by Crippen LogP contribution is -2.39. The van der Waals surface area contributed by atoms with Gasteiger partial charge < -0.3 is 10.2 Å². The number of hydrogen-bond donors (Lipinski definition) is 1. The molecule has 0 saturated carbocycles. The van der Waals surface area contributed by atoms with Crippen LogP contribution in [-0.2, 0) is 11.3 Å². The molecule has 1 aromatic carbocycles. The normalized spacial score (nSPS) is 10.2. The highest BCUT2D eigenvalue weighted by molar-refractivity contribution is 6.31. The van der Waals surface area contributed by atoms with Crippen molar-refractivity contribution in [1.29, 1.82) is 0 Å². The molecule has 1 N–H and O–H groups in total. The van der Waals surface area contributed by atoms with Crippen LogP contribution in [-0.4, -0.2) is 24.9 Å². The number of rotatable bonds is 5. The third kappa shape index (κ3) is 4.40. The summed E-state index contributed by atoms with van der Waals surface area (Å²) in [4.78, 5) is 24.4. The number of carbonyl (C=O) groups excluding carboxylic acids is 1. The second-order valence-electron chi connectivity index (χ2n) is 5.09. The second kappa shape index (κ2) is 7.06. The van der Waals surface area contributed by atoms with Crippen LogP contribution in [0.5, 0.6) is 0 Å². The minimum atomic E-state index is -0.565. The van der Waals surface area contributed by atoms with Gasteiger partial charge in [-0.25, -0.2) is 0 Å². The number of anilines is 2. The van der Waals surface area contributed by atoms with Crippen LogP contribution in [0.3, 0.4) is 0 Å². The topological polar surface area (TPSA) is 79.4 Å². The van der Waals surface area contributed by atoms with E-state index in [-0.39, 0.29) is 23.8 Å². The van der Waals surface area contributed by atoms with E-state index in [0.717, 1.165) is 5.69 Å². The van der Waals surface area contributed by atoms with Crippen molar-refractivity contribution in [2.75, 3.05) is 24.3 Å². The maximum atomic E-state index is 12.1. The molecule has 2 rings (SSSR count). The zero-order chi connectivity index (χ0) is 17.0. The van der Waals surface area contributed by atoms with E-state index >= 15 is 0 Å². The number of benzene rings is 1. The Bertz CT molecular complexity index is 732. The number of aromatic nitrogens is 1. The summed E-state index contributed by atoms with van der Waals surface area (Å²) in [5.41, 5.74) is 0.890. The molecule has 2 aromatic rings. The Balaban J connectivity index is 2.10. The van der Waals surface area contributed by atoms with Crippen LogP contribution in [0.4, 0.5) is 17.1 Å². The van der Waals surface area contributed by atoms with E-state index in [1.807, 2.05) is 31.1 Å². The van der Waals surface area contributed by atoms with E-state index in [1.165, 1.54) is 18.2 Å². The lowest BCUT2D eigenvalue weighted by atomic mass is 10.2. The fourth-order valence-electron chi connectivity index (χ4n) is 1.98. The molecule has 8 heteroatoms. The quantitative estimate of drug-likeness (QED) is 0.516. The highest BCUT2D eigenvalue weighted by Gasteiger charge is 2.18. The van der Waals surface area contributed by atoms with Crippen molar-refractivity contribution in [2.45, 2.75) is 6.54 Å². The van der Waals surface area contributed by atoms with Gasteiger partial charge in [0.05, 0.1) is 4.92 Å². The van der Waals surface area contributed by atoms with Gasteiger partial charge in [0.1, 0.15) is 5.69 Å². The van der Waals surface area contributed by atoms with Crippen LogP contribution in [0.1, 0.15) is 0 Å². The van der Waals surface area contributed by atoms with E-state index in [9.17, 15) is 14.9 Å². The predicted octanol–water partition coefficient (Wildman–Crippen LogP) is 2.24. The lowest BCUT2D eigenvalue weighted by molar-refractivity contribution is -0.684. The fourth-order valence-corrected chi connectivity index (χ4v) is 2.15. The Morgan fingerprint density at radius 1 is 1.30 bits per heavy atom. The van der Waals surface area contributed by atoms with E-state index in [4.69, 9.17) is 11.6 Å². The molecule has 1 aromatic heterocycles. The molecule has 0 spiro atoms. The summed E-state index contributed by atoms with van der Waals surface area (Å²) in [6.07, 6.45) is 3.53. The van der Waals surface area contributed by atoms with Gasteiger partial charge in [0.25, 0.3) is 11.6 Å². The average Bonchev–Trinajstić information content (AvgIpc) is 2.47. The predicted molar refractivity (Wildman–Crippen MR) is 87.7 cm³/mol. The maximum Gasteiger partial charge on any atom is 0.292 e. The number of hydrogen-bond acceptors (Lipinski definition) is 4. The average molecular weight is 336 g/mol. The van der Waals surface area contributed by atoms with Crippen LogP contribution in [0, 0.1) is 10.1 Å². The SMILES string of the molecule is CN(C)c1cc[n+](CC(=O)Nc2cc(Cl)ccc2[N+](=O)[O-])cc1. The number of nitro benzene ring substituents is 1. The Morgan fingerprint density at radius 3 is 2.52 bits per heavy atom. The van der Waals surface area contributed by atoms with E-state index in [2.05, 4.69) is 5.32 Å². The summed E-state index contributed by atoms with van der Waals surface area (Å²) in [7, 11) is 3.84. The minimum absolute atomic E-state index is 0.0391. The molecular formula is C15H16ClN4O3+. The number of halogens is 1. The minimum Gasteiger partial charge on any atom is -0.377 e. The Morgan fingerprint density at radius 2 is 1.96 bits per heavy atom. The third-order valence-electron chi connectivity index (χ3n) is 3.15. The molecule has 0 saturated heterocycles. The number of nitrogens with zero attached hydrogens (tertiary/aromatic N) is 3. The van der Waals surface area contributed by atoms with Crippen molar-refractivity contribution in [3.8, 4) is 0 Å². The van der Waals surface area contributed by atoms with Gasteiger partial charge >= 0.3 is 0 Å². The number of nitro groups is 1. The monoisotopic (exact) mass is 335 g/mol. The maximum absolute atomic E-state index is 12.1. The van der Waals surface area contributed by atoms with E-state index in [1.54, 1.807) is 17.0 Å². The van der Waals surface area contributed by atoms with Gasteiger partial charge in [-0.15, -0.1) is 0 Å². The molecule has 0 aliphatic carbocycles. The molecule has 7 nitrogen and oxygen atoms in total. The summed E-state index contributed by atoms with van der Waals surface area (Å²) >= 11 is 5.83. The summed E-state index contributed by atoms with van der Waals surface area (Å²) < 4.78 is 1.68. The zero-order valence-corrected chi connectivity index (χ0v) is 13.4. The molecule has 0 fully saturated rings. The van der Waals surface area contributed by atoms with Gasteiger partial charge in [0.2, 0.25) is 6.54 Å². The van der Waals surface area contributed by atoms with Crippen molar-refractivity contribution >= 4 is 34.6 Å². The van der Waals surface area contributed by atoms with Crippen molar-refractivity contribution < 1.29 is 14.3 Å². The Hall–Kier alpha value is -2.67. The molecule has 0 aliphatic rings. The van der Waals surface area contributed by atoms with Crippen LogP contribution >= 0.6 is 11.6 Å². The first-order chi connectivity index (χ1) is 10.9. The Kier molecular flexibility index (Phi) is 5.13. The molecule has 23 heavy (non-hydrogen) atoms. The molecule has 0 bridgehead atoms. The fraction of sp³-hybridized carbons (Fsp3) is 0.200. The highest BCUT2D eigenvalue weighted by atomic mass is 35.5. The number of pyridine rings is 1. The van der Waals surface area contributed by atoms with Crippen LogP contribution < -0.4 is 14.8 Å². The van der Waals surface area contributed by atoms with Crippen LogP contribution in [0.2, 0.25) is 5.02 Å². The first-order valence-corrected chi connectivity index (χ1v) is 7.15. The second-order valence-corrected chi connectivity index (χ2v) is 5.53. The molecule has 1 heterocycles. The molecule has 0 atom stereocenters. The molecule has 1 amide bonds. The molecule has 120 valence electrons. The van der Waals surface area contributed by atoms with Gasteiger partial charge in [-0.2, -0.15) is 4.57 Å². The number of nitrogens with one attached hydrogen (secondary N) is 1. The highest BCUT2D eigenvalue weighted by Crippen LogP contribution is 2.27. The van der Waals surface area contributed by atoms with Crippen LogP contribution in [0.25, 0.3) is 0 Å². The number of carbonyl (C=O) groups is 1. The number of amides is 1. The van der Waals surface area contributed by atoms with E-state index < -0.39 is 4.92 Å². The molecule has 0 aliphatic heterocycles. The summed E-state index contributed by atoms with van der Waals surface area (Å²) in [6, 6.07) is 7.77. The van der Waals surface area contributed by atoms with Crippen molar-refractivity contribution in [1.82, 2.24) is 0 Å². The van der Waals surface area contributed by atoms with Gasteiger partial charge in [-0.05, 0) is 12.1 Å². The van der Waals surface area contributed by atoms with Crippen molar-refractivity contribution in [3.05, 3.63) is 57.9 Å². The first kappa shape index (κ1) is 16.7. The van der Waals surface area contributed by atoms with Crippen molar-refractivity contribution in [3.63, 3.8) is 0 Å². The first-order valence-electron chi connectivity index (χ1n) is 6.77. The zero-order valence-electron chi connectivity index (χ0n) is 12.7. The largest absolute Gasteiger partial charge is 0.377 e. The molecular weight excluding hydrogens is 320 g/mol. The van der Waals surface area contributed by atoms with E-state index in [0.29, 0.717) is 5.02 Å². The van der Waals surface area contributed by atoms with Crippen molar-refractivity contribution in [2.24, 2.45) is 0 Å². The van der Waals surface area contributed by atoms with Gasteiger partial charge in [0, 0.05) is 43.0 Å². The molecule has 0 radical (unpaired) electrons. The summed E-state index contributed by atoms with van der Waals surface area (Å²) in [5.74, 6) is -0.377.